The summed E-state index contributed by atoms with van der Waals surface area (Å²) in [7, 11) is 2.11. The van der Waals surface area contributed by atoms with Crippen molar-refractivity contribution < 1.29 is 0 Å². The van der Waals surface area contributed by atoms with Crippen LogP contribution >= 0.6 is 0 Å². The molecule has 1 aromatic rings. The van der Waals surface area contributed by atoms with Crippen LogP contribution in [0, 0.1) is 5.41 Å². The van der Waals surface area contributed by atoms with E-state index in [1.807, 2.05) is 6.07 Å². The monoisotopic (exact) mass is 238 g/mol. The van der Waals surface area contributed by atoms with Gasteiger partial charge in [0.25, 0.3) is 0 Å². The number of hydrogen-bond donors (Lipinski definition) is 0. The number of nitrogens with zero attached hydrogens (tertiary/aromatic N) is 2. The van der Waals surface area contributed by atoms with Gasteiger partial charge in [-0.05, 0) is 30.2 Å². The quantitative estimate of drug-likeness (QED) is 0.665. The molecule has 2 heteroatoms. The van der Waals surface area contributed by atoms with Crippen molar-refractivity contribution in [3.05, 3.63) is 47.7 Å². The highest BCUT2D eigenvalue weighted by molar-refractivity contribution is 6.16. The summed E-state index contributed by atoms with van der Waals surface area (Å²) in [4.78, 5) is 7.11. The number of anilines is 1. The number of allylic oxidation sites excluding steroid dienone is 3. The normalized spacial score (nSPS) is 20.8. The van der Waals surface area contributed by atoms with Gasteiger partial charge in [-0.2, -0.15) is 0 Å². The standard InChI is InChI=1S/C16H18N2/c1-10-11(2)16(3,4)15-14(10)18(5)13-9-7-6-8-12(13)17-15/h6-9H,2H2,1,3-5H3. The number of fused-ring (bicyclic) bond motifs is 2. The molecule has 2 aliphatic rings. The van der Waals surface area contributed by atoms with Crippen molar-refractivity contribution in [2.45, 2.75) is 20.8 Å². The predicted molar refractivity (Wildman–Crippen MR) is 77.6 cm³/mol. The minimum absolute atomic E-state index is 0.0682. The van der Waals surface area contributed by atoms with Crippen LogP contribution in [0.15, 0.2) is 52.7 Å². The maximum absolute atomic E-state index is 4.87. The zero-order chi connectivity index (χ0) is 13.1. The topological polar surface area (TPSA) is 15.6 Å². The molecule has 1 aromatic carbocycles. The van der Waals surface area contributed by atoms with Crippen LogP contribution < -0.4 is 4.90 Å². The molecule has 0 unspecified atom stereocenters. The number of benzene rings is 1. The maximum atomic E-state index is 4.87. The second-order valence-corrected chi connectivity index (χ2v) is 5.59. The molecule has 0 N–H and O–H groups in total. The molecule has 0 fully saturated rings. The van der Waals surface area contributed by atoms with E-state index < -0.39 is 0 Å². The van der Waals surface area contributed by atoms with Crippen LogP contribution in [0.5, 0.6) is 0 Å². The summed E-state index contributed by atoms with van der Waals surface area (Å²) in [5.41, 5.74) is 6.96. The van der Waals surface area contributed by atoms with Gasteiger partial charge in [-0.3, -0.25) is 0 Å². The zero-order valence-electron chi connectivity index (χ0n) is 11.4. The fraction of sp³-hybridized carbons (Fsp3) is 0.312. The molecular formula is C16H18N2. The van der Waals surface area contributed by atoms with Gasteiger partial charge < -0.3 is 4.90 Å². The molecule has 0 saturated heterocycles. The Balaban J connectivity index is 2.32. The van der Waals surface area contributed by atoms with Crippen molar-refractivity contribution in [2.24, 2.45) is 10.4 Å². The van der Waals surface area contributed by atoms with Gasteiger partial charge in [0.05, 0.1) is 22.8 Å². The van der Waals surface area contributed by atoms with Gasteiger partial charge in [-0.1, -0.05) is 32.6 Å². The fourth-order valence-corrected chi connectivity index (χ4v) is 2.91. The first kappa shape index (κ1) is 11.3. The molecule has 1 aliphatic heterocycles. The summed E-state index contributed by atoms with van der Waals surface area (Å²) in [5.74, 6) is 0. The van der Waals surface area contributed by atoms with Gasteiger partial charge in [0.2, 0.25) is 0 Å². The molecule has 0 spiro atoms. The molecule has 92 valence electrons. The van der Waals surface area contributed by atoms with Gasteiger partial charge in [-0.25, -0.2) is 4.99 Å². The van der Waals surface area contributed by atoms with E-state index in [9.17, 15) is 0 Å². The number of rotatable bonds is 0. The van der Waals surface area contributed by atoms with Crippen LogP contribution in [0.1, 0.15) is 20.8 Å². The van der Waals surface area contributed by atoms with Crippen LogP contribution in [-0.4, -0.2) is 12.8 Å². The summed E-state index contributed by atoms with van der Waals surface area (Å²) in [5, 5.41) is 0. The van der Waals surface area contributed by atoms with Crippen LogP contribution in [0.25, 0.3) is 0 Å². The Kier molecular flexibility index (Phi) is 2.10. The summed E-state index contributed by atoms with van der Waals surface area (Å²) in [6.45, 7) is 10.8. The van der Waals surface area contributed by atoms with E-state index in [4.69, 9.17) is 4.99 Å². The fourth-order valence-electron chi connectivity index (χ4n) is 2.91. The van der Waals surface area contributed by atoms with Crippen molar-refractivity contribution >= 4 is 17.1 Å². The van der Waals surface area contributed by atoms with Crippen molar-refractivity contribution in [2.75, 3.05) is 11.9 Å². The van der Waals surface area contributed by atoms with Crippen molar-refractivity contribution in [3.8, 4) is 0 Å². The van der Waals surface area contributed by atoms with E-state index in [2.05, 4.69) is 57.5 Å². The SMILES string of the molecule is C=C1C(C)=C2C(=Nc3ccccc3N2C)C1(C)C. The second-order valence-electron chi connectivity index (χ2n) is 5.59. The number of aliphatic imine (C=N–C) groups is 1. The molecule has 2 nitrogen and oxygen atoms in total. The molecule has 0 aromatic heterocycles. The lowest BCUT2D eigenvalue weighted by molar-refractivity contribution is 0.652. The number of hydrogen-bond acceptors (Lipinski definition) is 2. The number of para-hydroxylation sites is 2. The van der Waals surface area contributed by atoms with Crippen molar-refractivity contribution in [1.82, 2.24) is 0 Å². The highest BCUT2D eigenvalue weighted by atomic mass is 15.2. The first-order valence-corrected chi connectivity index (χ1v) is 6.27. The van der Waals surface area contributed by atoms with Gasteiger partial charge in [0, 0.05) is 12.5 Å². The molecule has 18 heavy (non-hydrogen) atoms. The Morgan fingerprint density at radius 3 is 2.61 bits per heavy atom. The van der Waals surface area contributed by atoms with E-state index in [-0.39, 0.29) is 5.41 Å². The zero-order valence-corrected chi connectivity index (χ0v) is 11.4. The predicted octanol–water partition coefficient (Wildman–Crippen LogP) is 4.08. The minimum Gasteiger partial charge on any atom is -0.341 e. The Morgan fingerprint density at radius 2 is 1.89 bits per heavy atom. The second kappa shape index (κ2) is 3.35. The minimum atomic E-state index is -0.0682. The van der Waals surface area contributed by atoms with E-state index in [0.29, 0.717) is 0 Å². The smallest absolute Gasteiger partial charge is 0.0871 e. The van der Waals surface area contributed by atoms with E-state index >= 15 is 0 Å². The third kappa shape index (κ3) is 1.20. The first-order chi connectivity index (χ1) is 8.44. The lowest BCUT2D eigenvalue weighted by Crippen LogP contribution is -2.31. The molecule has 3 rings (SSSR count). The Bertz CT molecular complexity index is 618. The van der Waals surface area contributed by atoms with Crippen LogP contribution in [-0.2, 0) is 0 Å². The Morgan fingerprint density at radius 1 is 1.22 bits per heavy atom. The molecule has 0 bridgehead atoms. The molecule has 0 amide bonds. The van der Waals surface area contributed by atoms with Crippen molar-refractivity contribution in [3.63, 3.8) is 0 Å². The third-order valence-corrected chi connectivity index (χ3v) is 4.19. The van der Waals surface area contributed by atoms with E-state index in [1.165, 1.54) is 22.5 Å². The Labute approximate surface area is 108 Å². The largest absolute Gasteiger partial charge is 0.341 e. The average molecular weight is 238 g/mol. The summed E-state index contributed by atoms with van der Waals surface area (Å²) < 4.78 is 0. The van der Waals surface area contributed by atoms with Gasteiger partial charge in [0.15, 0.2) is 0 Å². The van der Waals surface area contributed by atoms with E-state index in [1.54, 1.807) is 0 Å². The van der Waals surface area contributed by atoms with Gasteiger partial charge in [0.1, 0.15) is 0 Å². The summed E-state index contributed by atoms with van der Waals surface area (Å²) in [6.07, 6.45) is 0. The third-order valence-electron chi connectivity index (χ3n) is 4.19. The molecule has 0 atom stereocenters. The summed E-state index contributed by atoms with van der Waals surface area (Å²) >= 11 is 0. The lowest BCUT2D eigenvalue weighted by atomic mass is 9.83. The molecular weight excluding hydrogens is 220 g/mol. The molecule has 1 aliphatic carbocycles. The first-order valence-electron chi connectivity index (χ1n) is 6.27. The van der Waals surface area contributed by atoms with Gasteiger partial charge >= 0.3 is 0 Å². The average Bonchev–Trinajstić information content (AvgIpc) is 2.52. The van der Waals surface area contributed by atoms with Crippen LogP contribution in [0.2, 0.25) is 0 Å². The maximum Gasteiger partial charge on any atom is 0.0871 e. The van der Waals surface area contributed by atoms with Crippen LogP contribution in [0.3, 0.4) is 0 Å². The van der Waals surface area contributed by atoms with Crippen LogP contribution in [0.4, 0.5) is 11.4 Å². The van der Waals surface area contributed by atoms with Gasteiger partial charge in [-0.15, -0.1) is 0 Å². The van der Waals surface area contributed by atoms with Crippen molar-refractivity contribution in [1.29, 1.82) is 0 Å². The lowest BCUT2D eigenvalue weighted by Gasteiger charge is -2.31. The van der Waals surface area contributed by atoms with E-state index in [0.717, 1.165) is 11.4 Å². The highest BCUT2D eigenvalue weighted by Gasteiger charge is 2.42. The Hall–Kier alpha value is -1.83. The highest BCUT2D eigenvalue weighted by Crippen LogP contribution is 2.49. The molecule has 0 saturated carbocycles. The summed E-state index contributed by atoms with van der Waals surface area (Å²) in [6, 6.07) is 8.28. The molecule has 1 heterocycles. The molecule has 0 radical (unpaired) electrons.